The molecule has 1 heterocycles. The molecule has 4 atom stereocenters. The van der Waals surface area contributed by atoms with Gasteiger partial charge in [0, 0.05) is 18.1 Å². The van der Waals surface area contributed by atoms with Crippen molar-refractivity contribution in [3.05, 3.63) is 29.3 Å². The molecule has 1 aliphatic rings. The van der Waals surface area contributed by atoms with E-state index in [1.807, 2.05) is 13.8 Å². The number of ether oxygens (including phenoxy) is 6. The Bertz CT molecular complexity index is 991. The molecule has 200 valence electrons. The molecular weight excluding hydrogens is 472 g/mol. The van der Waals surface area contributed by atoms with Gasteiger partial charge in [-0.2, -0.15) is 0 Å². The number of benzene rings is 1. The number of rotatable bonds is 11. The summed E-state index contributed by atoms with van der Waals surface area (Å²) in [6, 6.07) is 3.19. The van der Waals surface area contributed by atoms with E-state index in [-0.39, 0.29) is 19.1 Å². The Hall–Kier alpha value is -3.27. The van der Waals surface area contributed by atoms with Crippen LogP contribution < -0.4 is 14.2 Å². The first-order chi connectivity index (χ1) is 16.8. The van der Waals surface area contributed by atoms with Crippen LogP contribution in [0.2, 0.25) is 0 Å². The molecule has 1 N–H and O–H groups in total. The van der Waals surface area contributed by atoms with Crippen molar-refractivity contribution in [3.8, 4) is 17.2 Å². The van der Waals surface area contributed by atoms with Gasteiger partial charge < -0.3 is 33.5 Å². The summed E-state index contributed by atoms with van der Waals surface area (Å²) in [4.78, 5) is 37.5. The average molecular weight is 509 g/mol. The van der Waals surface area contributed by atoms with Crippen LogP contribution in [0.5, 0.6) is 17.2 Å². The molecule has 10 nitrogen and oxygen atoms in total. The molecule has 10 heteroatoms. The number of carbonyl (C=O) groups excluding carboxylic acids is 3. The van der Waals surface area contributed by atoms with Crippen LogP contribution >= 0.6 is 0 Å². The van der Waals surface area contributed by atoms with Gasteiger partial charge in [0.05, 0.1) is 7.11 Å². The quantitative estimate of drug-likeness (QED) is 0.269. The number of fused-ring (bicyclic) bond motifs is 1. The van der Waals surface area contributed by atoms with Crippen molar-refractivity contribution < 1.29 is 47.9 Å². The van der Waals surface area contributed by atoms with Crippen molar-refractivity contribution in [2.24, 2.45) is 5.92 Å². The second-order valence-electron chi connectivity index (χ2n) is 9.52. The predicted octanol–water partition coefficient (Wildman–Crippen LogP) is 3.63. The largest absolute Gasteiger partial charge is 0.493 e. The SMILES string of the molecule is COc1cc(C(OC(=O)C=C(C)C)C(C)OC(=O)C(C)(O)C(C)OC(=O)CC(C)C)cc2c1OCO2. The van der Waals surface area contributed by atoms with Crippen molar-refractivity contribution >= 4 is 17.9 Å². The van der Waals surface area contributed by atoms with Gasteiger partial charge in [-0.3, -0.25) is 4.79 Å². The van der Waals surface area contributed by atoms with Crippen LogP contribution in [0.15, 0.2) is 23.8 Å². The molecule has 1 aromatic rings. The number of carbonyl (C=O) groups is 3. The molecule has 0 spiro atoms. The third-order valence-corrected chi connectivity index (χ3v) is 5.47. The van der Waals surface area contributed by atoms with Crippen LogP contribution in [0.4, 0.5) is 0 Å². The van der Waals surface area contributed by atoms with Gasteiger partial charge in [-0.05, 0) is 52.7 Å². The molecular formula is C26H36O10. The van der Waals surface area contributed by atoms with Crippen LogP contribution in [-0.4, -0.2) is 54.7 Å². The molecule has 0 aromatic heterocycles. The van der Waals surface area contributed by atoms with E-state index < -0.39 is 41.8 Å². The van der Waals surface area contributed by atoms with Gasteiger partial charge >= 0.3 is 17.9 Å². The minimum Gasteiger partial charge on any atom is -0.493 e. The summed E-state index contributed by atoms with van der Waals surface area (Å²) in [7, 11) is 1.45. The zero-order valence-corrected chi connectivity index (χ0v) is 22.1. The highest BCUT2D eigenvalue weighted by atomic mass is 16.7. The molecule has 0 radical (unpaired) electrons. The Morgan fingerprint density at radius 3 is 2.33 bits per heavy atom. The van der Waals surface area contributed by atoms with Gasteiger partial charge in [0.1, 0.15) is 12.2 Å². The normalized spacial score (nSPS) is 16.3. The minimum atomic E-state index is -2.15. The summed E-state index contributed by atoms with van der Waals surface area (Å²) in [5, 5.41) is 10.8. The number of hydrogen-bond donors (Lipinski definition) is 1. The summed E-state index contributed by atoms with van der Waals surface area (Å²) in [5.41, 5.74) is -1.02. The maximum atomic E-state index is 12.9. The highest BCUT2D eigenvalue weighted by molar-refractivity contribution is 5.83. The lowest BCUT2D eigenvalue weighted by Crippen LogP contribution is -2.49. The molecule has 0 amide bonds. The molecule has 4 unspecified atom stereocenters. The number of aliphatic hydroxyl groups is 1. The van der Waals surface area contributed by atoms with E-state index in [1.165, 1.54) is 34.0 Å². The summed E-state index contributed by atoms with van der Waals surface area (Å²) < 4.78 is 32.6. The van der Waals surface area contributed by atoms with Crippen LogP contribution in [-0.2, 0) is 28.6 Å². The monoisotopic (exact) mass is 508 g/mol. The van der Waals surface area contributed by atoms with E-state index in [1.54, 1.807) is 26.0 Å². The third-order valence-electron chi connectivity index (χ3n) is 5.47. The van der Waals surface area contributed by atoms with Gasteiger partial charge in [0.2, 0.25) is 12.5 Å². The lowest BCUT2D eigenvalue weighted by molar-refractivity contribution is -0.193. The molecule has 0 fully saturated rings. The fourth-order valence-electron chi connectivity index (χ4n) is 3.35. The van der Waals surface area contributed by atoms with Gasteiger partial charge in [0.15, 0.2) is 23.2 Å². The van der Waals surface area contributed by atoms with E-state index in [0.717, 1.165) is 0 Å². The van der Waals surface area contributed by atoms with Crippen LogP contribution in [0.3, 0.4) is 0 Å². The smallest absolute Gasteiger partial charge is 0.342 e. The van der Waals surface area contributed by atoms with Gasteiger partial charge in [-0.25, -0.2) is 9.59 Å². The van der Waals surface area contributed by atoms with Gasteiger partial charge in [0.25, 0.3) is 0 Å². The van der Waals surface area contributed by atoms with Crippen LogP contribution in [0.1, 0.15) is 66.6 Å². The van der Waals surface area contributed by atoms with E-state index in [0.29, 0.717) is 28.4 Å². The van der Waals surface area contributed by atoms with Crippen molar-refractivity contribution in [2.75, 3.05) is 13.9 Å². The maximum Gasteiger partial charge on any atom is 0.342 e. The molecule has 1 aromatic carbocycles. The van der Waals surface area contributed by atoms with E-state index in [9.17, 15) is 19.5 Å². The maximum absolute atomic E-state index is 12.9. The summed E-state index contributed by atoms with van der Waals surface area (Å²) in [6.45, 7) is 11.3. The molecule has 36 heavy (non-hydrogen) atoms. The number of esters is 3. The summed E-state index contributed by atoms with van der Waals surface area (Å²) >= 11 is 0. The number of hydrogen-bond acceptors (Lipinski definition) is 10. The number of methoxy groups -OCH3 is 1. The predicted molar refractivity (Wildman–Crippen MR) is 129 cm³/mol. The zero-order valence-electron chi connectivity index (χ0n) is 22.1. The molecule has 0 saturated carbocycles. The van der Waals surface area contributed by atoms with Crippen molar-refractivity contribution in [1.29, 1.82) is 0 Å². The molecule has 1 aliphatic heterocycles. The highest BCUT2D eigenvalue weighted by Crippen LogP contribution is 2.44. The van der Waals surface area contributed by atoms with Crippen LogP contribution in [0, 0.1) is 5.92 Å². The topological polar surface area (TPSA) is 127 Å². The van der Waals surface area contributed by atoms with E-state index >= 15 is 0 Å². The van der Waals surface area contributed by atoms with Gasteiger partial charge in [-0.15, -0.1) is 0 Å². The lowest BCUT2D eigenvalue weighted by atomic mass is 9.99. The standard InChI is InChI=1S/C26H36O10/c1-14(2)9-21(27)35-17(6)26(7,30)25(29)34-16(5)23(36-22(28)10-15(3)4)18-11-19(31-8)24-20(12-18)32-13-33-24/h10-12,14,16-17,23,30H,9,13H2,1-8H3. The fraction of sp³-hybridized carbons (Fsp3) is 0.577. The fourth-order valence-corrected chi connectivity index (χ4v) is 3.35. The third kappa shape index (κ3) is 7.36. The molecule has 0 bridgehead atoms. The van der Waals surface area contributed by atoms with Crippen molar-refractivity contribution in [3.63, 3.8) is 0 Å². The molecule has 2 rings (SSSR count). The van der Waals surface area contributed by atoms with Crippen LogP contribution in [0.25, 0.3) is 0 Å². The second-order valence-corrected chi connectivity index (χ2v) is 9.52. The van der Waals surface area contributed by atoms with Crippen molar-refractivity contribution in [1.82, 2.24) is 0 Å². The highest BCUT2D eigenvalue weighted by Gasteiger charge is 2.43. The Labute approximate surface area is 211 Å². The zero-order chi connectivity index (χ0) is 27.2. The Balaban J connectivity index is 2.30. The number of allylic oxidation sites excluding steroid dienone is 1. The first-order valence-electron chi connectivity index (χ1n) is 11.7. The first-order valence-corrected chi connectivity index (χ1v) is 11.7. The van der Waals surface area contributed by atoms with E-state index in [2.05, 4.69) is 0 Å². The van der Waals surface area contributed by atoms with Gasteiger partial charge in [-0.1, -0.05) is 19.4 Å². The van der Waals surface area contributed by atoms with Crippen molar-refractivity contribution in [2.45, 2.75) is 78.8 Å². The first kappa shape index (κ1) is 29.0. The van der Waals surface area contributed by atoms with E-state index in [4.69, 9.17) is 28.4 Å². The second kappa shape index (κ2) is 12.1. The Kier molecular flexibility index (Phi) is 9.75. The lowest BCUT2D eigenvalue weighted by Gasteiger charge is -2.31. The summed E-state index contributed by atoms with van der Waals surface area (Å²) in [6.07, 6.45) is -1.88. The Morgan fingerprint density at radius 1 is 1.08 bits per heavy atom. The minimum absolute atomic E-state index is 0.00179. The molecule has 0 saturated heterocycles. The average Bonchev–Trinajstić information content (AvgIpc) is 3.24. The molecule has 0 aliphatic carbocycles. The summed E-state index contributed by atoms with van der Waals surface area (Å²) in [5.74, 6) is -1.06. The Morgan fingerprint density at radius 2 is 1.75 bits per heavy atom.